The number of Topliss-reactive ketones (excluding diaryl/α,β-unsaturated/α-hetero) is 1. The summed E-state index contributed by atoms with van der Waals surface area (Å²) < 4.78 is 16.0. The van der Waals surface area contributed by atoms with E-state index in [1.165, 1.54) is 37.4 Å². The summed E-state index contributed by atoms with van der Waals surface area (Å²) in [5, 5.41) is 13.4. The van der Waals surface area contributed by atoms with Gasteiger partial charge in [-0.25, -0.2) is 9.69 Å². The van der Waals surface area contributed by atoms with Crippen LogP contribution in [0, 0.1) is 10.1 Å². The monoisotopic (exact) mass is 602 g/mol. The number of carbonyl (C=O) groups is 4. The molecular formula is C34H22N2O9. The zero-order chi connectivity index (χ0) is 31.7. The number of hydrogen-bond donors (Lipinski definition) is 0. The fourth-order valence-corrected chi connectivity index (χ4v) is 4.94. The van der Waals surface area contributed by atoms with Gasteiger partial charge < -0.3 is 14.2 Å². The van der Waals surface area contributed by atoms with Crippen LogP contribution in [0.5, 0.6) is 17.2 Å². The highest BCUT2D eigenvalue weighted by atomic mass is 16.6. The molecule has 0 bridgehead atoms. The van der Waals surface area contributed by atoms with Gasteiger partial charge >= 0.3 is 11.7 Å². The number of esters is 1. The number of nitro groups is 1. The summed E-state index contributed by atoms with van der Waals surface area (Å²) in [6, 6.07) is 27.6. The van der Waals surface area contributed by atoms with Gasteiger partial charge in [0.1, 0.15) is 11.5 Å². The van der Waals surface area contributed by atoms with Crippen molar-refractivity contribution in [2.24, 2.45) is 0 Å². The molecule has 0 N–H and O–H groups in total. The molecule has 0 spiro atoms. The van der Waals surface area contributed by atoms with E-state index in [0.717, 1.165) is 21.7 Å². The van der Waals surface area contributed by atoms with Crippen molar-refractivity contribution in [1.29, 1.82) is 0 Å². The lowest BCUT2D eigenvalue weighted by molar-refractivity contribution is -0.385. The van der Waals surface area contributed by atoms with Crippen molar-refractivity contribution in [3.8, 4) is 17.2 Å². The molecule has 5 aromatic carbocycles. The van der Waals surface area contributed by atoms with Crippen molar-refractivity contribution < 1.29 is 38.3 Å². The van der Waals surface area contributed by atoms with E-state index in [2.05, 4.69) is 0 Å². The van der Waals surface area contributed by atoms with E-state index in [4.69, 9.17) is 14.2 Å². The van der Waals surface area contributed by atoms with Crippen molar-refractivity contribution >= 4 is 45.7 Å². The SMILES string of the molecule is COc1ccc(C(=O)COC(=O)c2ccc3c(c2)C(=O)N(c2ccc(Oc4ccc5ccccc5c4)cc2)C3=O)cc1[N+](=O)[O-]. The van der Waals surface area contributed by atoms with Crippen LogP contribution >= 0.6 is 0 Å². The van der Waals surface area contributed by atoms with E-state index >= 15 is 0 Å². The molecule has 1 aliphatic heterocycles. The molecule has 222 valence electrons. The number of fused-ring (bicyclic) bond motifs is 2. The molecule has 45 heavy (non-hydrogen) atoms. The Kier molecular flexibility index (Phi) is 7.49. The molecule has 0 unspecified atom stereocenters. The zero-order valence-corrected chi connectivity index (χ0v) is 23.6. The molecule has 11 heteroatoms. The topological polar surface area (TPSA) is 142 Å². The first-order valence-corrected chi connectivity index (χ1v) is 13.6. The summed E-state index contributed by atoms with van der Waals surface area (Å²) in [5.41, 5.74) is -0.0834. The Hall–Kier alpha value is -6.36. The Balaban J connectivity index is 1.13. The van der Waals surface area contributed by atoms with Gasteiger partial charge in [-0.2, -0.15) is 0 Å². The highest BCUT2D eigenvalue weighted by Gasteiger charge is 2.37. The lowest BCUT2D eigenvalue weighted by Gasteiger charge is -2.14. The molecule has 0 radical (unpaired) electrons. The number of benzene rings is 5. The van der Waals surface area contributed by atoms with E-state index in [-0.39, 0.29) is 28.0 Å². The number of rotatable bonds is 9. The fourth-order valence-electron chi connectivity index (χ4n) is 4.94. The van der Waals surface area contributed by atoms with Crippen molar-refractivity contribution in [1.82, 2.24) is 0 Å². The Bertz CT molecular complexity index is 2040. The lowest BCUT2D eigenvalue weighted by Crippen LogP contribution is -2.29. The van der Waals surface area contributed by atoms with Crippen LogP contribution in [0.4, 0.5) is 11.4 Å². The minimum atomic E-state index is -0.914. The summed E-state index contributed by atoms with van der Waals surface area (Å²) in [7, 11) is 1.26. The number of methoxy groups -OCH3 is 1. The highest BCUT2D eigenvalue weighted by molar-refractivity contribution is 6.34. The molecule has 0 aliphatic carbocycles. The van der Waals surface area contributed by atoms with E-state index in [1.54, 1.807) is 24.3 Å². The van der Waals surface area contributed by atoms with E-state index in [0.29, 0.717) is 17.2 Å². The number of amides is 2. The minimum absolute atomic E-state index is 0.00282. The van der Waals surface area contributed by atoms with Crippen LogP contribution in [-0.2, 0) is 4.74 Å². The van der Waals surface area contributed by atoms with Crippen LogP contribution in [0.25, 0.3) is 10.8 Å². The van der Waals surface area contributed by atoms with Crippen molar-refractivity contribution in [2.45, 2.75) is 0 Å². The Morgan fingerprint density at radius 2 is 1.44 bits per heavy atom. The zero-order valence-electron chi connectivity index (χ0n) is 23.6. The quantitative estimate of drug-likeness (QED) is 0.0616. The van der Waals surface area contributed by atoms with E-state index < -0.39 is 40.8 Å². The molecule has 1 heterocycles. The fraction of sp³-hybridized carbons (Fsp3) is 0.0588. The second-order valence-electron chi connectivity index (χ2n) is 9.95. The van der Waals surface area contributed by atoms with Crippen LogP contribution in [0.3, 0.4) is 0 Å². The molecule has 11 nitrogen and oxygen atoms in total. The number of imide groups is 1. The number of nitro benzene ring substituents is 1. The van der Waals surface area contributed by atoms with Gasteiger partial charge in [-0.15, -0.1) is 0 Å². The number of anilines is 1. The third-order valence-corrected chi connectivity index (χ3v) is 7.21. The smallest absolute Gasteiger partial charge is 0.338 e. The molecule has 1 aliphatic rings. The molecule has 6 rings (SSSR count). The van der Waals surface area contributed by atoms with Crippen LogP contribution in [0.2, 0.25) is 0 Å². The lowest BCUT2D eigenvalue weighted by atomic mass is 10.1. The second kappa shape index (κ2) is 11.7. The number of ketones is 1. The Morgan fingerprint density at radius 1 is 0.756 bits per heavy atom. The van der Waals surface area contributed by atoms with Gasteiger partial charge in [0.25, 0.3) is 11.8 Å². The molecule has 0 fully saturated rings. The van der Waals surface area contributed by atoms with Crippen LogP contribution in [-0.4, -0.2) is 42.2 Å². The van der Waals surface area contributed by atoms with E-state index in [1.807, 2.05) is 42.5 Å². The summed E-state index contributed by atoms with van der Waals surface area (Å²) >= 11 is 0. The van der Waals surface area contributed by atoms with Crippen LogP contribution in [0.15, 0.2) is 103 Å². The largest absolute Gasteiger partial charge is 0.490 e. The maximum absolute atomic E-state index is 13.3. The number of nitrogens with zero attached hydrogens (tertiary/aromatic N) is 2. The number of carbonyl (C=O) groups excluding carboxylic acids is 4. The first kappa shape index (κ1) is 28.7. The van der Waals surface area contributed by atoms with Crippen molar-refractivity contribution in [3.63, 3.8) is 0 Å². The molecule has 0 atom stereocenters. The Labute approximate surface area is 255 Å². The summed E-state index contributed by atoms with van der Waals surface area (Å²) in [4.78, 5) is 63.3. The number of hydrogen-bond acceptors (Lipinski definition) is 9. The molecule has 0 aromatic heterocycles. The molecule has 2 amide bonds. The molecule has 5 aromatic rings. The van der Waals surface area contributed by atoms with Crippen molar-refractivity contribution in [2.75, 3.05) is 18.6 Å². The normalized spacial score (nSPS) is 12.2. The molecule has 0 saturated heterocycles. The first-order valence-electron chi connectivity index (χ1n) is 13.6. The Morgan fingerprint density at radius 3 is 2.18 bits per heavy atom. The van der Waals surface area contributed by atoms with Crippen molar-refractivity contribution in [3.05, 3.63) is 135 Å². The molecule has 0 saturated carbocycles. The van der Waals surface area contributed by atoms with Gasteiger partial charge in [0.15, 0.2) is 12.4 Å². The summed E-state index contributed by atoms with van der Waals surface area (Å²) in [6.07, 6.45) is 0. The predicted molar refractivity (Wildman–Crippen MR) is 162 cm³/mol. The first-order chi connectivity index (χ1) is 21.7. The third-order valence-electron chi connectivity index (χ3n) is 7.21. The average Bonchev–Trinajstić information content (AvgIpc) is 3.31. The standard InChI is InChI=1S/C34H22N2O9/c1-43-31-15-8-22(18-29(31)36(41)42)30(37)19-44-34(40)23-7-14-27-28(17-23)33(39)35(32(27)38)24-9-12-25(13-10-24)45-26-11-6-20-4-2-3-5-21(20)16-26/h2-18H,19H2,1H3. The van der Waals surface area contributed by atoms with Gasteiger partial charge in [-0.3, -0.25) is 24.5 Å². The average molecular weight is 603 g/mol. The predicted octanol–water partition coefficient (Wildman–Crippen LogP) is 6.39. The van der Waals surface area contributed by atoms with Gasteiger partial charge in [0, 0.05) is 11.6 Å². The van der Waals surface area contributed by atoms with Crippen LogP contribution in [0.1, 0.15) is 41.4 Å². The van der Waals surface area contributed by atoms with Gasteiger partial charge in [-0.05, 0) is 77.5 Å². The molecular weight excluding hydrogens is 580 g/mol. The maximum atomic E-state index is 13.3. The van der Waals surface area contributed by atoms with Gasteiger partial charge in [0.05, 0.1) is 34.4 Å². The van der Waals surface area contributed by atoms with Gasteiger partial charge in [-0.1, -0.05) is 30.3 Å². The third kappa shape index (κ3) is 5.57. The number of ether oxygens (including phenoxy) is 3. The summed E-state index contributed by atoms with van der Waals surface area (Å²) in [5.74, 6) is -1.67. The van der Waals surface area contributed by atoms with Crippen LogP contribution < -0.4 is 14.4 Å². The second-order valence-corrected chi connectivity index (χ2v) is 9.95. The van der Waals surface area contributed by atoms with Gasteiger partial charge in [0.2, 0.25) is 5.78 Å². The minimum Gasteiger partial charge on any atom is -0.490 e. The maximum Gasteiger partial charge on any atom is 0.338 e. The highest BCUT2D eigenvalue weighted by Crippen LogP contribution is 2.32. The summed E-state index contributed by atoms with van der Waals surface area (Å²) in [6.45, 7) is -0.702. The van der Waals surface area contributed by atoms with E-state index in [9.17, 15) is 29.3 Å².